The molecule has 2 rings (SSSR count). The first-order valence-corrected chi connectivity index (χ1v) is 6.10. The van der Waals surface area contributed by atoms with Crippen molar-refractivity contribution in [2.24, 2.45) is 0 Å². The van der Waals surface area contributed by atoms with Gasteiger partial charge in [0, 0.05) is 4.88 Å². The standard InChI is InChI=1S/C11H9ClN2O3S/c1-5-2-3-8(18-5)7-4-6(13)9(12)10(14-7)17-11(15)16/h2-4H,1H3,(H2,13,14)(H,15,16). The number of hydrogen-bond acceptors (Lipinski definition) is 5. The minimum absolute atomic E-state index is 0.00516. The first-order chi connectivity index (χ1) is 8.47. The Hall–Kier alpha value is -1.79. The van der Waals surface area contributed by atoms with Crippen molar-refractivity contribution in [2.75, 3.05) is 5.73 Å². The van der Waals surface area contributed by atoms with E-state index in [0.717, 1.165) is 9.75 Å². The van der Waals surface area contributed by atoms with Crippen molar-refractivity contribution in [3.8, 4) is 16.5 Å². The zero-order chi connectivity index (χ0) is 13.3. The summed E-state index contributed by atoms with van der Waals surface area (Å²) in [4.78, 5) is 16.6. The fourth-order valence-corrected chi connectivity index (χ4v) is 2.34. The third-order valence-electron chi connectivity index (χ3n) is 2.13. The van der Waals surface area contributed by atoms with Crippen LogP contribution in [0.15, 0.2) is 18.2 Å². The number of hydrogen-bond donors (Lipinski definition) is 2. The second-order valence-corrected chi connectivity index (χ2v) is 5.16. The number of aromatic nitrogens is 1. The maximum absolute atomic E-state index is 10.5. The Balaban J connectivity index is 2.50. The normalized spacial score (nSPS) is 10.3. The van der Waals surface area contributed by atoms with Crippen molar-refractivity contribution < 1.29 is 14.6 Å². The minimum Gasteiger partial charge on any atom is -0.449 e. The number of carbonyl (C=O) groups is 1. The van der Waals surface area contributed by atoms with E-state index in [1.807, 2.05) is 19.1 Å². The number of carboxylic acid groups (broad SMARTS) is 1. The second-order valence-electron chi connectivity index (χ2n) is 3.49. The van der Waals surface area contributed by atoms with E-state index >= 15 is 0 Å². The molecule has 0 aliphatic heterocycles. The maximum atomic E-state index is 10.5. The van der Waals surface area contributed by atoms with Crippen LogP contribution in [0.5, 0.6) is 5.88 Å². The number of halogens is 1. The zero-order valence-corrected chi connectivity index (χ0v) is 10.9. The largest absolute Gasteiger partial charge is 0.512 e. The molecule has 5 nitrogen and oxygen atoms in total. The van der Waals surface area contributed by atoms with Crippen LogP contribution in [0.4, 0.5) is 10.5 Å². The van der Waals surface area contributed by atoms with E-state index in [9.17, 15) is 4.79 Å². The number of nitrogens with zero attached hydrogens (tertiary/aromatic N) is 1. The minimum atomic E-state index is -1.48. The van der Waals surface area contributed by atoms with Gasteiger partial charge in [0.2, 0.25) is 5.88 Å². The zero-order valence-electron chi connectivity index (χ0n) is 9.31. The molecule has 2 aromatic heterocycles. The number of anilines is 1. The van der Waals surface area contributed by atoms with Gasteiger partial charge in [0.05, 0.1) is 16.3 Å². The molecule has 0 saturated heterocycles. The molecule has 2 aromatic rings. The first kappa shape index (κ1) is 12.7. The molecule has 94 valence electrons. The molecule has 0 atom stereocenters. The van der Waals surface area contributed by atoms with Crippen molar-refractivity contribution in [3.05, 3.63) is 28.1 Å². The van der Waals surface area contributed by atoms with Crippen LogP contribution in [0.2, 0.25) is 5.02 Å². The van der Waals surface area contributed by atoms with Crippen molar-refractivity contribution in [2.45, 2.75) is 6.92 Å². The highest BCUT2D eigenvalue weighted by molar-refractivity contribution is 7.15. The van der Waals surface area contributed by atoms with Gasteiger partial charge in [-0.2, -0.15) is 0 Å². The Kier molecular flexibility index (Phi) is 3.40. The first-order valence-electron chi connectivity index (χ1n) is 4.91. The molecule has 0 saturated carbocycles. The van der Waals surface area contributed by atoms with E-state index in [2.05, 4.69) is 9.72 Å². The lowest BCUT2D eigenvalue weighted by atomic mass is 10.2. The lowest BCUT2D eigenvalue weighted by Gasteiger charge is -2.06. The molecule has 0 spiro atoms. The van der Waals surface area contributed by atoms with Gasteiger partial charge in [-0.05, 0) is 25.1 Å². The molecule has 0 bridgehead atoms. The van der Waals surface area contributed by atoms with Gasteiger partial charge in [0.25, 0.3) is 0 Å². The Morgan fingerprint density at radius 3 is 2.83 bits per heavy atom. The van der Waals surface area contributed by atoms with E-state index in [4.69, 9.17) is 22.4 Å². The third kappa shape index (κ3) is 2.55. The Morgan fingerprint density at radius 2 is 2.28 bits per heavy atom. The van der Waals surface area contributed by atoms with Gasteiger partial charge in [-0.25, -0.2) is 9.78 Å². The maximum Gasteiger partial charge on any atom is 0.512 e. The Bertz CT molecular complexity index is 612. The number of rotatable bonds is 2. The molecule has 0 fully saturated rings. The van der Waals surface area contributed by atoms with Crippen molar-refractivity contribution in [3.63, 3.8) is 0 Å². The summed E-state index contributed by atoms with van der Waals surface area (Å²) in [6.45, 7) is 1.96. The molecule has 0 amide bonds. The summed E-state index contributed by atoms with van der Waals surface area (Å²) in [6, 6.07) is 5.40. The summed E-state index contributed by atoms with van der Waals surface area (Å²) in [7, 11) is 0. The van der Waals surface area contributed by atoms with Crippen LogP contribution in [-0.4, -0.2) is 16.2 Å². The summed E-state index contributed by atoms with van der Waals surface area (Å²) in [5.74, 6) is -0.204. The summed E-state index contributed by atoms with van der Waals surface area (Å²) in [5, 5.41) is 8.58. The van der Waals surface area contributed by atoms with E-state index in [1.165, 1.54) is 11.3 Å². The number of ether oxygens (including phenoxy) is 1. The van der Waals surface area contributed by atoms with Gasteiger partial charge in [-0.1, -0.05) is 11.6 Å². The topological polar surface area (TPSA) is 85.4 Å². The summed E-state index contributed by atoms with van der Waals surface area (Å²) in [5.41, 5.74) is 6.46. The van der Waals surface area contributed by atoms with Crippen molar-refractivity contribution in [1.82, 2.24) is 4.98 Å². The smallest absolute Gasteiger partial charge is 0.449 e. The van der Waals surface area contributed by atoms with Gasteiger partial charge < -0.3 is 15.6 Å². The van der Waals surface area contributed by atoms with E-state index in [0.29, 0.717) is 5.69 Å². The van der Waals surface area contributed by atoms with Crippen LogP contribution < -0.4 is 10.5 Å². The molecule has 0 radical (unpaired) electrons. The highest BCUT2D eigenvalue weighted by atomic mass is 35.5. The van der Waals surface area contributed by atoms with Gasteiger partial charge in [0.1, 0.15) is 5.02 Å². The quantitative estimate of drug-likeness (QED) is 0.825. The van der Waals surface area contributed by atoms with Crippen LogP contribution in [0.3, 0.4) is 0 Å². The highest BCUT2D eigenvalue weighted by Crippen LogP contribution is 2.35. The van der Waals surface area contributed by atoms with Crippen molar-refractivity contribution >= 4 is 34.8 Å². The molecule has 0 unspecified atom stereocenters. The second kappa shape index (κ2) is 4.83. The number of pyridine rings is 1. The van der Waals surface area contributed by atoms with Gasteiger partial charge >= 0.3 is 6.16 Å². The summed E-state index contributed by atoms with van der Waals surface area (Å²) in [6.07, 6.45) is -1.48. The molecule has 0 aliphatic rings. The molecule has 18 heavy (non-hydrogen) atoms. The number of nitrogens with two attached hydrogens (primary N) is 1. The summed E-state index contributed by atoms with van der Waals surface area (Å²) >= 11 is 7.35. The fraction of sp³-hybridized carbons (Fsp3) is 0.0909. The number of nitrogen functional groups attached to an aromatic ring is 1. The van der Waals surface area contributed by atoms with E-state index in [-0.39, 0.29) is 16.6 Å². The van der Waals surface area contributed by atoms with Crippen LogP contribution in [0.25, 0.3) is 10.6 Å². The predicted molar refractivity (Wildman–Crippen MR) is 70.4 cm³/mol. The Labute approximate surface area is 112 Å². The van der Waals surface area contributed by atoms with Gasteiger partial charge in [0.15, 0.2) is 0 Å². The molecule has 2 heterocycles. The molecule has 3 N–H and O–H groups in total. The summed E-state index contributed by atoms with van der Waals surface area (Å²) < 4.78 is 4.49. The third-order valence-corrected chi connectivity index (χ3v) is 3.54. The highest BCUT2D eigenvalue weighted by Gasteiger charge is 2.15. The predicted octanol–water partition coefficient (Wildman–Crippen LogP) is 3.41. The molecule has 7 heteroatoms. The van der Waals surface area contributed by atoms with Crippen LogP contribution in [0, 0.1) is 6.92 Å². The lowest BCUT2D eigenvalue weighted by Crippen LogP contribution is -2.06. The van der Waals surface area contributed by atoms with Gasteiger partial charge in [-0.3, -0.25) is 0 Å². The number of thiophene rings is 1. The molecular weight excluding hydrogens is 276 g/mol. The monoisotopic (exact) mass is 284 g/mol. The number of aryl methyl sites for hydroxylation is 1. The molecule has 0 aliphatic carbocycles. The average Bonchev–Trinajstić information content (AvgIpc) is 2.70. The van der Waals surface area contributed by atoms with E-state index in [1.54, 1.807) is 6.07 Å². The van der Waals surface area contributed by atoms with E-state index < -0.39 is 6.16 Å². The fourth-order valence-electron chi connectivity index (χ4n) is 1.37. The van der Waals surface area contributed by atoms with Crippen LogP contribution in [-0.2, 0) is 0 Å². The van der Waals surface area contributed by atoms with Crippen molar-refractivity contribution in [1.29, 1.82) is 0 Å². The average molecular weight is 285 g/mol. The van der Waals surface area contributed by atoms with Crippen LogP contribution >= 0.6 is 22.9 Å². The molecule has 0 aromatic carbocycles. The van der Waals surface area contributed by atoms with Crippen LogP contribution in [0.1, 0.15) is 4.88 Å². The lowest BCUT2D eigenvalue weighted by molar-refractivity contribution is 0.142. The van der Waals surface area contributed by atoms with Gasteiger partial charge in [-0.15, -0.1) is 11.3 Å². The SMILES string of the molecule is Cc1ccc(-c2cc(N)c(Cl)c(OC(=O)O)n2)s1. The molecular formula is C11H9ClN2O3S. The Morgan fingerprint density at radius 1 is 1.56 bits per heavy atom.